The lowest BCUT2D eigenvalue weighted by Gasteiger charge is -2.14. The maximum atomic E-state index is 12.9. The molecule has 2 amide bonds. The summed E-state index contributed by atoms with van der Waals surface area (Å²) in [6.45, 7) is 0.224. The predicted molar refractivity (Wildman–Crippen MR) is 84.9 cm³/mol. The summed E-state index contributed by atoms with van der Waals surface area (Å²) in [5, 5.41) is 9.25. The van der Waals surface area contributed by atoms with E-state index in [0.717, 1.165) is 17.5 Å². The van der Waals surface area contributed by atoms with Gasteiger partial charge >= 0.3 is 5.76 Å². The topological polar surface area (TPSA) is 106 Å². The van der Waals surface area contributed by atoms with E-state index in [4.69, 9.17) is 4.42 Å². The van der Waals surface area contributed by atoms with E-state index in [1.807, 2.05) is 0 Å². The van der Waals surface area contributed by atoms with Gasteiger partial charge in [0, 0.05) is 12.1 Å². The third-order valence-corrected chi connectivity index (χ3v) is 3.86. The van der Waals surface area contributed by atoms with Crippen LogP contribution in [0.5, 0.6) is 0 Å². The molecule has 1 saturated heterocycles. The lowest BCUT2D eigenvalue weighted by Crippen LogP contribution is -2.47. The fourth-order valence-electron chi connectivity index (χ4n) is 2.57. The largest absolute Gasteiger partial charge is 0.437 e. The number of rotatable bonds is 4. The molecule has 2 aromatic rings. The van der Waals surface area contributed by atoms with Gasteiger partial charge in [-0.25, -0.2) is 9.18 Å². The number of nitrogens with zero attached hydrogens (tertiary/aromatic N) is 2. The van der Waals surface area contributed by atoms with Gasteiger partial charge < -0.3 is 15.1 Å². The summed E-state index contributed by atoms with van der Waals surface area (Å²) in [6.07, 6.45) is 2.23. The number of aromatic nitrogens is 2. The van der Waals surface area contributed by atoms with Gasteiger partial charge in [-0.2, -0.15) is 4.68 Å². The normalized spacial score (nSPS) is 17.6. The van der Waals surface area contributed by atoms with Crippen molar-refractivity contribution in [1.82, 2.24) is 20.4 Å². The quantitative estimate of drug-likeness (QED) is 0.833. The van der Waals surface area contributed by atoms with Crippen LogP contribution < -0.4 is 16.4 Å². The van der Waals surface area contributed by atoms with Crippen LogP contribution in [0.25, 0.3) is 11.5 Å². The number of amides is 2. The summed E-state index contributed by atoms with van der Waals surface area (Å²) >= 11 is 0. The Morgan fingerprint density at radius 1 is 1.32 bits per heavy atom. The van der Waals surface area contributed by atoms with Gasteiger partial charge in [-0.05, 0) is 43.5 Å². The van der Waals surface area contributed by atoms with Crippen molar-refractivity contribution in [3.8, 4) is 11.5 Å². The second-order valence-corrected chi connectivity index (χ2v) is 5.74. The summed E-state index contributed by atoms with van der Waals surface area (Å²) in [5.74, 6) is -1.98. The molecule has 9 heteroatoms. The molecule has 1 atom stereocenters. The van der Waals surface area contributed by atoms with Crippen molar-refractivity contribution >= 4 is 11.8 Å². The van der Waals surface area contributed by atoms with E-state index in [0.29, 0.717) is 18.5 Å². The standard InChI is InChI=1S/C16H17FN4O4/c17-11-6-4-10(5-7-11)15-20-21(16(24)25-15)9-13(22)19-12-3-1-2-8-18-14(12)23/h4-7,12H,1-3,8-9H2,(H,18,23)(H,19,22)/t12-/m0/s1. The van der Waals surface area contributed by atoms with E-state index in [1.165, 1.54) is 24.3 Å². The molecule has 3 rings (SSSR count). The van der Waals surface area contributed by atoms with Crippen LogP contribution in [0.3, 0.4) is 0 Å². The van der Waals surface area contributed by atoms with E-state index >= 15 is 0 Å². The number of hydrogen-bond donors (Lipinski definition) is 2. The zero-order valence-corrected chi connectivity index (χ0v) is 13.3. The van der Waals surface area contributed by atoms with E-state index in [1.54, 1.807) is 0 Å². The molecule has 25 heavy (non-hydrogen) atoms. The van der Waals surface area contributed by atoms with Crippen molar-refractivity contribution in [2.45, 2.75) is 31.8 Å². The average Bonchev–Trinajstić information content (AvgIpc) is 2.81. The molecule has 1 aliphatic rings. The van der Waals surface area contributed by atoms with Gasteiger partial charge in [0.05, 0.1) is 0 Å². The highest BCUT2D eigenvalue weighted by Gasteiger charge is 2.23. The number of benzene rings is 1. The molecule has 0 unspecified atom stereocenters. The highest BCUT2D eigenvalue weighted by Crippen LogP contribution is 2.15. The average molecular weight is 348 g/mol. The fourth-order valence-corrected chi connectivity index (χ4v) is 2.57. The zero-order chi connectivity index (χ0) is 17.8. The van der Waals surface area contributed by atoms with Crippen LogP contribution in [-0.4, -0.2) is 34.2 Å². The van der Waals surface area contributed by atoms with Crippen LogP contribution in [0.2, 0.25) is 0 Å². The van der Waals surface area contributed by atoms with Gasteiger partial charge in [0.25, 0.3) is 0 Å². The first-order chi connectivity index (χ1) is 12.0. The monoisotopic (exact) mass is 348 g/mol. The Kier molecular flexibility index (Phi) is 4.92. The zero-order valence-electron chi connectivity index (χ0n) is 13.3. The van der Waals surface area contributed by atoms with Gasteiger partial charge in [0.15, 0.2) is 0 Å². The molecule has 0 saturated carbocycles. The number of carbonyl (C=O) groups excluding carboxylic acids is 2. The summed E-state index contributed by atoms with van der Waals surface area (Å²) < 4.78 is 18.8. The van der Waals surface area contributed by atoms with Gasteiger partial charge in [0.2, 0.25) is 17.7 Å². The first kappa shape index (κ1) is 16.9. The molecule has 0 aliphatic carbocycles. The van der Waals surface area contributed by atoms with Gasteiger partial charge in [-0.15, -0.1) is 5.10 Å². The molecule has 1 aromatic heterocycles. The molecule has 8 nitrogen and oxygen atoms in total. The molecular formula is C16H17FN4O4. The number of carbonyl (C=O) groups is 2. The van der Waals surface area contributed by atoms with Gasteiger partial charge in [-0.1, -0.05) is 0 Å². The Hall–Kier alpha value is -2.97. The third-order valence-electron chi connectivity index (χ3n) is 3.86. The first-order valence-corrected chi connectivity index (χ1v) is 7.94. The molecule has 1 aliphatic heterocycles. The molecule has 1 fully saturated rings. The van der Waals surface area contributed by atoms with Crippen LogP contribution >= 0.6 is 0 Å². The third kappa shape index (κ3) is 4.11. The summed E-state index contributed by atoms with van der Waals surface area (Å²) in [5.41, 5.74) is 0.417. The molecule has 0 spiro atoms. The van der Waals surface area contributed by atoms with Crippen molar-refractivity contribution in [2.75, 3.05) is 6.54 Å². The highest BCUT2D eigenvalue weighted by molar-refractivity contribution is 5.87. The van der Waals surface area contributed by atoms with Crippen LogP contribution in [-0.2, 0) is 16.1 Å². The minimum atomic E-state index is -0.806. The smallest absolute Gasteiger partial charge is 0.388 e. The molecule has 2 heterocycles. The van der Waals surface area contributed by atoms with E-state index in [-0.39, 0.29) is 18.3 Å². The van der Waals surface area contributed by atoms with E-state index in [9.17, 15) is 18.8 Å². The summed E-state index contributed by atoms with van der Waals surface area (Å²) in [4.78, 5) is 35.8. The van der Waals surface area contributed by atoms with Crippen LogP contribution in [0.1, 0.15) is 19.3 Å². The molecule has 132 valence electrons. The molecular weight excluding hydrogens is 331 g/mol. The van der Waals surface area contributed by atoms with Crippen molar-refractivity contribution in [1.29, 1.82) is 0 Å². The highest BCUT2D eigenvalue weighted by atomic mass is 19.1. The SMILES string of the molecule is O=C(Cn1nc(-c2ccc(F)cc2)oc1=O)N[C@H]1CCCCNC1=O. The van der Waals surface area contributed by atoms with Crippen molar-refractivity contribution in [2.24, 2.45) is 0 Å². The number of hydrogen-bond acceptors (Lipinski definition) is 5. The molecule has 1 aromatic carbocycles. The fraction of sp³-hybridized carbons (Fsp3) is 0.375. The maximum absolute atomic E-state index is 12.9. The maximum Gasteiger partial charge on any atom is 0.437 e. The number of nitrogens with one attached hydrogen (secondary N) is 2. The van der Waals surface area contributed by atoms with Gasteiger partial charge in [-0.3, -0.25) is 9.59 Å². The second-order valence-electron chi connectivity index (χ2n) is 5.74. The van der Waals surface area contributed by atoms with Crippen molar-refractivity contribution in [3.05, 3.63) is 40.6 Å². The minimum absolute atomic E-state index is 0.00925. The Labute approximate surface area is 142 Å². The lowest BCUT2D eigenvalue weighted by molar-refractivity contribution is -0.129. The van der Waals surface area contributed by atoms with Crippen molar-refractivity contribution < 1.29 is 18.4 Å². The molecule has 0 bridgehead atoms. The van der Waals surface area contributed by atoms with Crippen molar-refractivity contribution in [3.63, 3.8) is 0 Å². The first-order valence-electron chi connectivity index (χ1n) is 7.94. The predicted octanol–water partition coefficient (Wildman–Crippen LogP) is 0.427. The van der Waals surface area contributed by atoms with Gasteiger partial charge in [0.1, 0.15) is 18.4 Å². The van der Waals surface area contributed by atoms with E-state index < -0.39 is 23.5 Å². The Morgan fingerprint density at radius 2 is 2.08 bits per heavy atom. The molecule has 2 N–H and O–H groups in total. The van der Waals surface area contributed by atoms with E-state index in [2.05, 4.69) is 15.7 Å². The second kappa shape index (κ2) is 7.29. The summed E-state index contributed by atoms with van der Waals surface area (Å²) in [6, 6.07) is 4.65. The Bertz CT molecular complexity index is 827. The number of halogens is 1. The lowest BCUT2D eigenvalue weighted by atomic mass is 10.1. The van der Waals surface area contributed by atoms with Crippen LogP contribution in [0, 0.1) is 5.82 Å². The Morgan fingerprint density at radius 3 is 2.84 bits per heavy atom. The Balaban J connectivity index is 1.68. The summed E-state index contributed by atoms with van der Waals surface area (Å²) in [7, 11) is 0. The van der Waals surface area contributed by atoms with Crippen LogP contribution in [0.15, 0.2) is 33.5 Å². The van der Waals surface area contributed by atoms with Crippen LogP contribution in [0.4, 0.5) is 4.39 Å². The molecule has 0 radical (unpaired) electrons. The minimum Gasteiger partial charge on any atom is -0.388 e.